The third kappa shape index (κ3) is 3.22. The van der Waals surface area contributed by atoms with E-state index in [-0.39, 0.29) is 24.0 Å². The number of hydrogen-bond donors (Lipinski definition) is 3. The molecule has 1 aromatic rings. The highest BCUT2D eigenvalue weighted by Gasteiger charge is 2.25. The molecular formula is C13H18N4O4. The van der Waals surface area contributed by atoms with Crippen LogP contribution >= 0.6 is 0 Å². The molecule has 1 aromatic carbocycles. The molecule has 1 saturated heterocycles. The van der Waals surface area contributed by atoms with Crippen LogP contribution in [0.1, 0.15) is 18.4 Å². The molecule has 0 atom stereocenters. The number of benzene rings is 1. The van der Waals surface area contributed by atoms with Crippen molar-refractivity contribution < 1.29 is 15.2 Å². The molecule has 1 fully saturated rings. The molecule has 1 aliphatic rings. The number of rotatable bonds is 4. The summed E-state index contributed by atoms with van der Waals surface area (Å²) in [6, 6.07) is 4.52. The molecule has 2 rings (SSSR count). The lowest BCUT2D eigenvalue weighted by atomic mass is 9.97. The van der Waals surface area contributed by atoms with Crippen LogP contribution < -0.4 is 10.6 Å². The Morgan fingerprint density at radius 3 is 2.67 bits per heavy atom. The van der Waals surface area contributed by atoms with Crippen LogP contribution in [0.5, 0.6) is 0 Å². The molecule has 8 nitrogen and oxygen atoms in total. The lowest BCUT2D eigenvalue weighted by molar-refractivity contribution is -0.384. The molecule has 0 aliphatic carbocycles. The highest BCUT2D eigenvalue weighted by Crippen LogP contribution is 2.32. The van der Waals surface area contributed by atoms with E-state index in [2.05, 4.69) is 5.16 Å². The van der Waals surface area contributed by atoms with E-state index in [0.29, 0.717) is 24.3 Å². The summed E-state index contributed by atoms with van der Waals surface area (Å²) in [7, 11) is 0. The van der Waals surface area contributed by atoms with Gasteiger partial charge in [-0.25, -0.2) is 0 Å². The van der Waals surface area contributed by atoms with E-state index in [4.69, 9.17) is 16.0 Å². The smallest absolute Gasteiger partial charge is 0.293 e. The Hall–Kier alpha value is -2.35. The minimum atomic E-state index is -0.471. The number of aliphatic hydroxyl groups excluding tert-OH is 1. The molecular weight excluding hydrogens is 276 g/mol. The molecule has 0 bridgehead atoms. The van der Waals surface area contributed by atoms with E-state index in [9.17, 15) is 10.1 Å². The summed E-state index contributed by atoms with van der Waals surface area (Å²) in [6.45, 7) is 1.47. The lowest BCUT2D eigenvalue weighted by Gasteiger charge is -2.32. The van der Waals surface area contributed by atoms with Gasteiger partial charge in [0.1, 0.15) is 5.69 Å². The van der Waals surface area contributed by atoms with Crippen molar-refractivity contribution in [3.8, 4) is 0 Å². The predicted molar refractivity (Wildman–Crippen MR) is 77.6 cm³/mol. The van der Waals surface area contributed by atoms with Gasteiger partial charge in [0.15, 0.2) is 5.84 Å². The molecule has 0 amide bonds. The van der Waals surface area contributed by atoms with Gasteiger partial charge in [0.2, 0.25) is 0 Å². The number of amidine groups is 1. The Morgan fingerprint density at radius 2 is 2.14 bits per heavy atom. The molecule has 21 heavy (non-hydrogen) atoms. The fourth-order valence-electron chi connectivity index (χ4n) is 2.51. The zero-order valence-corrected chi connectivity index (χ0v) is 11.5. The second-order valence-corrected chi connectivity index (χ2v) is 5.06. The van der Waals surface area contributed by atoms with Crippen LogP contribution in [0.25, 0.3) is 0 Å². The van der Waals surface area contributed by atoms with Gasteiger partial charge in [-0.05, 0) is 30.9 Å². The van der Waals surface area contributed by atoms with Gasteiger partial charge in [0, 0.05) is 31.3 Å². The number of nitro groups is 1. The van der Waals surface area contributed by atoms with Crippen LogP contribution in [0.15, 0.2) is 23.4 Å². The third-order valence-electron chi connectivity index (χ3n) is 3.79. The van der Waals surface area contributed by atoms with Crippen molar-refractivity contribution in [3.05, 3.63) is 33.9 Å². The summed E-state index contributed by atoms with van der Waals surface area (Å²) in [5.41, 5.74) is 6.22. The van der Waals surface area contributed by atoms with Crippen molar-refractivity contribution in [2.75, 3.05) is 24.6 Å². The van der Waals surface area contributed by atoms with Crippen LogP contribution in [-0.4, -0.2) is 40.8 Å². The Bertz CT molecular complexity index is 553. The van der Waals surface area contributed by atoms with Crippen molar-refractivity contribution in [1.82, 2.24) is 0 Å². The summed E-state index contributed by atoms with van der Waals surface area (Å²) in [4.78, 5) is 12.7. The molecule has 1 aliphatic heterocycles. The standard InChI is InChI=1S/C13H18N4O4/c14-13(15-19)10-1-2-11(12(7-10)17(20)21)16-5-3-9(8-18)4-6-16/h1-2,7,9,18-19H,3-6,8H2,(H2,14,15). The first-order valence-electron chi connectivity index (χ1n) is 6.69. The SMILES string of the molecule is NC(=NO)c1ccc(N2CCC(CO)CC2)c([N+](=O)[O-])c1. The third-order valence-corrected chi connectivity index (χ3v) is 3.79. The highest BCUT2D eigenvalue weighted by atomic mass is 16.6. The van der Waals surface area contributed by atoms with Gasteiger partial charge < -0.3 is 20.9 Å². The Labute approximate surface area is 121 Å². The van der Waals surface area contributed by atoms with E-state index in [1.54, 1.807) is 12.1 Å². The molecule has 1 heterocycles. The summed E-state index contributed by atoms with van der Waals surface area (Å²) >= 11 is 0. The minimum absolute atomic E-state index is 0.0680. The van der Waals surface area contributed by atoms with Crippen LogP contribution in [0, 0.1) is 16.0 Å². The average Bonchev–Trinajstić information content (AvgIpc) is 2.53. The summed E-state index contributed by atoms with van der Waals surface area (Å²) in [5, 5.41) is 31.9. The minimum Gasteiger partial charge on any atom is -0.409 e. The van der Waals surface area contributed by atoms with E-state index in [1.807, 2.05) is 4.90 Å². The highest BCUT2D eigenvalue weighted by molar-refractivity contribution is 5.98. The maximum absolute atomic E-state index is 11.2. The van der Waals surface area contributed by atoms with E-state index in [0.717, 1.165) is 12.8 Å². The number of piperidine rings is 1. The Kier molecular flexibility index (Phi) is 4.59. The van der Waals surface area contributed by atoms with Crippen LogP contribution in [0.2, 0.25) is 0 Å². The number of oxime groups is 1. The average molecular weight is 294 g/mol. The number of nitrogens with two attached hydrogens (primary N) is 1. The van der Waals surface area contributed by atoms with Gasteiger partial charge in [-0.3, -0.25) is 10.1 Å². The van der Waals surface area contributed by atoms with Gasteiger partial charge in [0.05, 0.1) is 4.92 Å². The monoisotopic (exact) mass is 294 g/mol. The maximum Gasteiger partial charge on any atom is 0.293 e. The second-order valence-electron chi connectivity index (χ2n) is 5.06. The summed E-state index contributed by atoms with van der Waals surface area (Å²) in [5.74, 6) is 0.0976. The maximum atomic E-state index is 11.2. The predicted octanol–water partition coefficient (Wildman–Crippen LogP) is 0.898. The van der Waals surface area contributed by atoms with Gasteiger partial charge >= 0.3 is 0 Å². The van der Waals surface area contributed by atoms with Crippen LogP contribution in [-0.2, 0) is 0 Å². The number of nitrogens with zero attached hydrogens (tertiary/aromatic N) is 3. The fraction of sp³-hybridized carbons (Fsp3) is 0.462. The van der Waals surface area contributed by atoms with Gasteiger partial charge in [-0.1, -0.05) is 5.16 Å². The molecule has 0 radical (unpaired) electrons. The normalized spacial score (nSPS) is 17.0. The number of nitro benzene ring substituents is 1. The van der Waals surface area contributed by atoms with Gasteiger partial charge in [-0.2, -0.15) is 0 Å². The fourth-order valence-corrected chi connectivity index (χ4v) is 2.51. The van der Waals surface area contributed by atoms with Crippen molar-refractivity contribution in [2.24, 2.45) is 16.8 Å². The van der Waals surface area contributed by atoms with E-state index >= 15 is 0 Å². The molecule has 0 spiro atoms. The number of aliphatic hydroxyl groups is 1. The molecule has 0 unspecified atom stereocenters. The van der Waals surface area contributed by atoms with E-state index < -0.39 is 4.92 Å². The molecule has 8 heteroatoms. The van der Waals surface area contributed by atoms with Crippen LogP contribution in [0.4, 0.5) is 11.4 Å². The molecule has 114 valence electrons. The van der Waals surface area contributed by atoms with Crippen molar-refractivity contribution >= 4 is 17.2 Å². The topological polar surface area (TPSA) is 125 Å². The first-order chi connectivity index (χ1) is 10.1. The Balaban J connectivity index is 2.29. The second kappa shape index (κ2) is 6.40. The summed E-state index contributed by atoms with van der Waals surface area (Å²) < 4.78 is 0. The van der Waals surface area contributed by atoms with Gasteiger partial charge in [0.25, 0.3) is 5.69 Å². The van der Waals surface area contributed by atoms with E-state index in [1.165, 1.54) is 6.07 Å². The van der Waals surface area contributed by atoms with Crippen molar-refractivity contribution in [2.45, 2.75) is 12.8 Å². The number of hydrogen-bond acceptors (Lipinski definition) is 6. The zero-order chi connectivity index (χ0) is 15.4. The van der Waals surface area contributed by atoms with Crippen molar-refractivity contribution in [1.29, 1.82) is 0 Å². The summed E-state index contributed by atoms with van der Waals surface area (Å²) in [6.07, 6.45) is 1.60. The number of anilines is 1. The first-order valence-corrected chi connectivity index (χ1v) is 6.69. The van der Waals surface area contributed by atoms with Crippen molar-refractivity contribution in [3.63, 3.8) is 0 Å². The lowest BCUT2D eigenvalue weighted by Crippen LogP contribution is -2.35. The Morgan fingerprint density at radius 1 is 1.48 bits per heavy atom. The van der Waals surface area contributed by atoms with Gasteiger partial charge in [-0.15, -0.1) is 0 Å². The molecule has 0 aromatic heterocycles. The first kappa shape index (κ1) is 15.0. The quantitative estimate of drug-likeness (QED) is 0.249. The zero-order valence-electron chi connectivity index (χ0n) is 11.5. The molecule has 4 N–H and O–H groups in total. The van der Waals surface area contributed by atoms with Crippen LogP contribution in [0.3, 0.4) is 0 Å². The largest absolute Gasteiger partial charge is 0.409 e. The molecule has 0 saturated carbocycles.